The molecule has 1 heterocycles. The molecular weight excluding hydrogens is 419 g/mol. The van der Waals surface area contributed by atoms with Gasteiger partial charge in [-0.3, -0.25) is 19.3 Å². The van der Waals surface area contributed by atoms with Gasteiger partial charge in [0.2, 0.25) is 0 Å². The molecule has 0 aromatic heterocycles. The van der Waals surface area contributed by atoms with E-state index in [9.17, 15) is 18.8 Å². The van der Waals surface area contributed by atoms with Crippen LogP contribution in [0.1, 0.15) is 5.56 Å². The summed E-state index contributed by atoms with van der Waals surface area (Å²) in [6.07, 6.45) is 1.53. The van der Waals surface area contributed by atoms with Crippen LogP contribution in [0.5, 0.6) is 5.75 Å². The molecule has 3 amide bonds. The molecule has 0 saturated carbocycles. The number of thioether (sulfide) groups is 1. The van der Waals surface area contributed by atoms with Crippen molar-refractivity contribution >= 4 is 46.5 Å². The topological polar surface area (TPSA) is 75.7 Å². The molecule has 1 aliphatic rings. The molecule has 0 radical (unpaired) electrons. The van der Waals surface area contributed by atoms with Crippen LogP contribution in [0.3, 0.4) is 0 Å². The van der Waals surface area contributed by atoms with E-state index in [0.29, 0.717) is 16.3 Å². The Morgan fingerprint density at radius 2 is 1.83 bits per heavy atom. The van der Waals surface area contributed by atoms with Crippen LogP contribution in [0.15, 0.2) is 53.4 Å². The van der Waals surface area contributed by atoms with Crippen LogP contribution in [-0.4, -0.2) is 41.6 Å². The van der Waals surface area contributed by atoms with E-state index in [4.69, 9.17) is 16.3 Å². The lowest BCUT2D eigenvalue weighted by atomic mass is 10.2. The number of carbonyl (C=O) groups is 3. The van der Waals surface area contributed by atoms with Crippen molar-refractivity contribution in [3.63, 3.8) is 0 Å². The number of carbonyl (C=O) groups excluding carboxylic acids is 3. The van der Waals surface area contributed by atoms with E-state index in [1.165, 1.54) is 30.3 Å². The van der Waals surface area contributed by atoms with E-state index in [-0.39, 0.29) is 36.3 Å². The molecule has 1 N–H and O–H groups in total. The Morgan fingerprint density at radius 1 is 1.14 bits per heavy atom. The van der Waals surface area contributed by atoms with E-state index < -0.39 is 11.1 Å². The minimum absolute atomic E-state index is 0.0398. The number of halogens is 2. The van der Waals surface area contributed by atoms with Crippen LogP contribution < -0.4 is 10.1 Å². The third-order valence-corrected chi connectivity index (χ3v) is 5.04. The lowest BCUT2D eigenvalue weighted by molar-refractivity contribution is -0.125. The van der Waals surface area contributed by atoms with Crippen molar-refractivity contribution in [3.8, 4) is 5.75 Å². The summed E-state index contributed by atoms with van der Waals surface area (Å²) in [5, 5.41) is 2.74. The molecule has 0 unspecified atom stereocenters. The number of hydrogen-bond donors (Lipinski definition) is 1. The van der Waals surface area contributed by atoms with Crippen LogP contribution in [0, 0.1) is 5.82 Å². The fourth-order valence-electron chi connectivity index (χ4n) is 2.44. The second kappa shape index (κ2) is 9.58. The van der Waals surface area contributed by atoms with Gasteiger partial charge in [0.05, 0.1) is 4.91 Å². The van der Waals surface area contributed by atoms with Crippen molar-refractivity contribution in [2.75, 3.05) is 19.7 Å². The highest BCUT2D eigenvalue weighted by Gasteiger charge is 2.34. The zero-order valence-corrected chi connectivity index (χ0v) is 16.6. The average Bonchev–Trinajstić information content (AvgIpc) is 2.96. The van der Waals surface area contributed by atoms with Crippen molar-refractivity contribution in [1.29, 1.82) is 0 Å². The lowest BCUT2D eigenvalue weighted by Gasteiger charge is -2.13. The highest BCUT2D eigenvalue weighted by molar-refractivity contribution is 8.18. The van der Waals surface area contributed by atoms with Crippen molar-refractivity contribution in [3.05, 3.63) is 69.8 Å². The van der Waals surface area contributed by atoms with Crippen molar-refractivity contribution in [2.45, 2.75) is 0 Å². The largest absolute Gasteiger partial charge is 0.484 e. The minimum Gasteiger partial charge on any atom is -0.484 e. The molecule has 0 bridgehead atoms. The van der Waals surface area contributed by atoms with Gasteiger partial charge in [-0.25, -0.2) is 4.39 Å². The van der Waals surface area contributed by atoms with Gasteiger partial charge in [0.25, 0.3) is 17.1 Å². The van der Waals surface area contributed by atoms with E-state index in [0.717, 1.165) is 16.7 Å². The Morgan fingerprint density at radius 3 is 2.52 bits per heavy atom. The maximum absolute atomic E-state index is 13.0. The predicted molar refractivity (Wildman–Crippen MR) is 109 cm³/mol. The number of amides is 3. The summed E-state index contributed by atoms with van der Waals surface area (Å²) in [5.41, 5.74) is 0.615. The van der Waals surface area contributed by atoms with Crippen LogP contribution in [-0.2, 0) is 9.59 Å². The second-order valence-corrected chi connectivity index (χ2v) is 7.41. The number of nitrogens with zero attached hydrogens (tertiary/aromatic N) is 1. The van der Waals surface area contributed by atoms with E-state index in [1.807, 2.05) is 0 Å². The number of ether oxygens (including phenoxy) is 1. The molecule has 1 saturated heterocycles. The zero-order chi connectivity index (χ0) is 20.8. The number of nitrogens with one attached hydrogen (secondary N) is 1. The average molecular weight is 435 g/mol. The van der Waals surface area contributed by atoms with Gasteiger partial charge in [0.15, 0.2) is 6.61 Å². The molecule has 1 aliphatic heterocycles. The van der Waals surface area contributed by atoms with Crippen molar-refractivity contribution < 1.29 is 23.5 Å². The Hall–Kier alpha value is -2.84. The highest BCUT2D eigenvalue weighted by Crippen LogP contribution is 2.31. The van der Waals surface area contributed by atoms with Gasteiger partial charge >= 0.3 is 0 Å². The van der Waals surface area contributed by atoms with Crippen molar-refractivity contribution in [1.82, 2.24) is 10.2 Å². The van der Waals surface area contributed by atoms with E-state index in [1.54, 1.807) is 24.3 Å². The van der Waals surface area contributed by atoms with Crippen LogP contribution in [0.4, 0.5) is 9.18 Å². The van der Waals surface area contributed by atoms with E-state index >= 15 is 0 Å². The lowest BCUT2D eigenvalue weighted by Crippen LogP contribution is -2.38. The van der Waals surface area contributed by atoms with Crippen LogP contribution in [0.2, 0.25) is 5.02 Å². The Bertz CT molecular complexity index is 948. The Kier molecular flexibility index (Phi) is 6.90. The third kappa shape index (κ3) is 5.82. The fourth-order valence-corrected chi connectivity index (χ4v) is 3.43. The summed E-state index contributed by atoms with van der Waals surface area (Å²) in [6, 6.07) is 12.2. The van der Waals surface area contributed by atoms with Gasteiger partial charge in [0.1, 0.15) is 11.6 Å². The van der Waals surface area contributed by atoms with Crippen LogP contribution in [0.25, 0.3) is 6.08 Å². The molecule has 0 aliphatic carbocycles. The summed E-state index contributed by atoms with van der Waals surface area (Å²) < 4.78 is 18.3. The molecule has 6 nitrogen and oxygen atoms in total. The first kappa shape index (κ1) is 20.9. The molecule has 0 spiro atoms. The highest BCUT2D eigenvalue weighted by atomic mass is 35.5. The Balaban J connectivity index is 1.47. The molecule has 3 rings (SSSR count). The minimum atomic E-state index is -0.448. The van der Waals surface area contributed by atoms with Crippen LogP contribution >= 0.6 is 23.4 Å². The smallest absolute Gasteiger partial charge is 0.293 e. The molecule has 9 heteroatoms. The first-order valence-electron chi connectivity index (χ1n) is 8.58. The monoisotopic (exact) mass is 434 g/mol. The molecule has 2 aromatic rings. The second-order valence-electron chi connectivity index (χ2n) is 5.98. The summed E-state index contributed by atoms with van der Waals surface area (Å²) in [6.45, 7) is -0.0587. The standard InChI is InChI=1S/C20H16ClFN2O4S/c21-14-3-7-16(8-4-14)28-12-18(25)23-9-10-24-19(26)17(29-20(24)27)11-13-1-5-15(22)6-2-13/h1-8,11H,9-10,12H2,(H,23,25)/b17-11-. The molecule has 2 aromatic carbocycles. The summed E-state index contributed by atoms with van der Waals surface area (Å²) in [5.74, 6) is -0.711. The number of rotatable bonds is 7. The Labute approximate surface area is 175 Å². The number of benzene rings is 2. The molecular formula is C20H16ClFN2O4S. The zero-order valence-electron chi connectivity index (χ0n) is 15.1. The maximum Gasteiger partial charge on any atom is 0.293 e. The summed E-state index contributed by atoms with van der Waals surface area (Å²) in [4.78, 5) is 37.6. The van der Waals surface area contributed by atoms with Crippen molar-refractivity contribution in [2.24, 2.45) is 0 Å². The molecule has 0 atom stereocenters. The van der Waals surface area contributed by atoms with Gasteiger partial charge in [0, 0.05) is 18.1 Å². The predicted octanol–water partition coefficient (Wildman–Crippen LogP) is 3.71. The van der Waals surface area contributed by atoms with Gasteiger partial charge < -0.3 is 10.1 Å². The molecule has 29 heavy (non-hydrogen) atoms. The van der Waals surface area contributed by atoms with Gasteiger partial charge in [-0.05, 0) is 59.8 Å². The molecule has 1 fully saturated rings. The maximum atomic E-state index is 13.0. The number of imide groups is 1. The van der Waals surface area contributed by atoms with Gasteiger partial charge in [-0.2, -0.15) is 0 Å². The third-order valence-electron chi connectivity index (χ3n) is 3.88. The normalized spacial score (nSPS) is 15.1. The first-order valence-corrected chi connectivity index (χ1v) is 9.78. The summed E-state index contributed by atoms with van der Waals surface area (Å²) in [7, 11) is 0. The van der Waals surface area contributed by atoms with Gasteiger partial charge in [-0.15, -0.1) is 0 Å². The quantitative estimate of drug-likeness (QED) is 0.672. The molecule has 150 valence electrons. The number of hydrogen-bond acceptors (Lipinski definition) is 5. The fraction of sp³-hybridized carbons (Fsp3) is 0.150. The van der Waals surface area contributed by atoms with Gasteiger partial charge in [-0.1, -0.05) is 23.7 Å². The van der Waals surface area contributed by atoms with E-state index in [2.05, 4.69) is 5.32 Å². The first-order chi connectivity index (χ1) is 13.9. The SMILES string of the molecule is O=C(COc1ccc(Cl)cc1)NCCN1C(=O)S/C(=C\c2ccc(F)cc2)C1=O. The summed E-state index contributed by atoms with van der Waals surface area (Å²) >= 11 is 6.58.